The lowest BCUT2D eigenvalue weighted by molar-refractivity contribution is 0.280. The first-order chi connectivity index (χ1) is 9.60. The lowest BCUT2D eigenvalue weighted by atomic mass is 10.1. The van der Waals surface area contributed by atoms with E-state index < -0.39 is 0 Å². The zero-order valence-corrected chi connectivity index (χ0v) is 12.9. The van der Waals surface area contributed by atoms with Crippen molar-refractivity contribution in [3.63, 3.8) is 0 Å². The van der Waals surface area contributed by atoms with Gasteiger partial charge in [0.25, 0.3) is 0 Å². The summed E-state index contributed by atoms with van der Waals surface area (Å²) in [6.45, 7) is 4.41. The molecule has 1 aromatic heterocycles. The Morgan fingerprint density at radius 1 is 1.40 bits per heavy atom. The molecular formula is C15H20N2O2S. The zero-order valence-electron chi connectivity index (χ0n) is 12.1. The van der Waals surface area contributed by atoms with Gasteiger partial charge in [-0.1, -0.05) is 12.1 Å². The van der Waals surface area contributed by atoms with Crippen LogP contribution in [0.5, 0.6) is 11.5 Å². The molecule has 0 aliphatic rings. The van der Waals surface area contributed by atoms with Crippen LogP contribution < -0.4 is 15.2 Å². The van der Waals surface area contributed by atoms with Crippen LogP contribution in [-0.2, 0) is 13.0 Å². The highest BCUT2D eigenvalue weighted by Crippen LogP contribution is 2.32. The van der Waals surface area contributed by atoms with Crippen LogP contribution in [0.2, 0.25) is 0 Å². The van der Waals surface area contributed by atoms with Gasteiger partial charge in [-0.15, -0.1) is 11.3 Å². The molecule has 20 heavy (non-hydrogen) atoms. The van der Waals surface area contributed by atoms with Crippen molar-refractivity contribution >= 4 is 11.3 Å². The molecule has 2 aromatic rings. The van der Waals surface area contributed by atoms with Gasteiger partial charge in [-0.3, -0.25) is 0 Å². The highest BCUT2D eigenvalue weighted by Gasteiger charge is 2.13. The van der Waals surface area contributed by atoms with Crippen molar-refractivity contribution in [2.24, 2.45) is 5.73 Å². The molecule has 0 aliphatic carbocycles. The lowest BCUT2D eigenvalue weighted by Gasteiger charge is -2.15. The average molecular weight is 292 g/mol. The van der Waals surface area contributed by atoms with Gasteiger partial charge >= 0.3 is 0 Å². The third-order valence-corrected chi connectivity index (χ3v) is 3.77. The number of nitrogens with two attached hydrogens (primary N) is 1. The van der Waals surface area contributed by atoms with E-state index in [4.69, 9.17) is 15.2 Å². The molecule has 0 fully saturated rings. The van der Waals surface area contributed by atoms with Crippen LogP contribution in [0.1, 0.15) is 23.2 Å². The molecule has 108 valence electrons. The molecule has 1 atom stereocenters. The average Bonchev–Trinajstić information content (AvgIpc) is 2.82. The third kappa shape index (κ3) is 3.71. The summed E-state index contributed by atoms with van der Waals surface area (Å²) in [4.78, 5) is 4.40. The van der Waals surface area contributed by atoms with Crippen LogP contribution in [0.3, 0.4) is 0 Å². The highest BCUT2D eigenvalue weighted by atomic mass is 32.1. The molecule has 2 rings (SSSR count). The Hall–Kier alpha value is -1.59. The topological polar surface area (TPSA) is 57.4 Å². The molecule has 0 bridgehead atoms. The van der Waals surface area contributed by atoms with Crippen LogP contribution in [0.4, 0.5) is 0 Å². The number of aryl methyl sites for hydroxylation is 1. The van der Waals surface area contributed by atoms with E-state index in [1.807, 2.05) is 37.4 Å². The second-order valence-corrected chi connectivity index (χ2v) is 5.74. The van der Waals surface area contributed by atoms with Crippen molar-refractivity contribution in [1.82, 2.24) is 4.98 Å². The molecule has 0 amide bonds. The number of ether oxygens (including phenoxy) is 2. The normalized spacial score (nSPS) is 12.2. The van der Waals surface area contributed by atoms with Gasteiger partial charge in [0.1, 0.15) is 11.6 Å². The summed E-state index contributed by atoms with van der Waals surface area (Å²) >= 11 is 1.60. The van der Waals surface area contributed by atoms with Crippen molar-refractivity contribution in [1.29, 1.82) is 0 Å². The van der Waals surface area contributed by atoms with E-state index in [-0.39, 0.29) is 6.04 Å². The molecule has 5 heteroatoms. The van der Waals surface area contributed by atoms with E-state index in [9.17, 15) is 0 Å². The second kappa shape index (κ2) is 6.72. The molecule has 4 nitrogen and oxygen atoms in total. The number of para-hydroxylation sites is 1. The Bertz CT molecular complexity index is 567. The summed E-state index contributed by atoms with van der Waals surface area (Å²) in [5, 5.41) is 2.98. The molecule has 0 aliphatic heterocycles. The Kier molecular flexibility index (Phi) is 4.98. The molecule has 1 unspecified atom stereocenters. The first-order valence-electron chi connectivity index (χ1n) is 6.55. The molecule has 0 saturated carbocycles. The van der Waals surface area contributed by atoms with E-state index in [0.717, 1.165) is 34.2 Å². The first kappa shape index (κ1) is 14.8. The molecule has 1 heterocycles. The fraction of sp³-hybridized carbons (Fsp3) is 0.400. The van der Waals surface area contributed by atoms with E-state index >= 15 is 0 Å². The van der Waals surface area contributed by atoms with Crippen LogP contribution >= 0.6 is 11.3 Å². The van der Waals surface area contributed by atoms with E-state index in [1.54, 1.807) is 18.4 Å². The van der Waals surface area contributed by atoms with Crippen LogP contribution in [0.15, 0.2) is 23.6 Å². The van der Waals surface area contributed by atoms with Gasteiger partial charge in [0, 0.05) is 17.1 Å². The quantitative estimate of drug-likeness (QED) is 0.889. The van der Waals surface area contributed by atoms with Gasteiger partial charge in [0.15, 0.2) is 11.5 Å². The molecule has 0 radical (unpaired) electrons. The van der Waals surface area contributed by atoms with Gasteiger partial charge in [0.05, 0.1) is 7.11 Å². The third-order valence-electron chi connectivity index (χ3n) is 2.83. The number of methoxy groups -OCH3 is 1. The molecule has 1 aromatic carbocycles. The number of hydrogen-bond donors (Lipinski definition) is 1. The van der Waals surface area contributed by atoms with Gasteiger partial charge in [-0.2, -0.15) is 0 Å². The van der Waals surface area contributed by atoms with E-state index in [1.165, 1.54) is 0 Å². The Balaban J connectivity index is 2.19. The maximum Gasteiger partial charge on any atom is 0.165 e. The summed E-state index contributed by atoms with van der Waals surface area (Å²) in [5.74, 6) is 1.50. The monoisotopic (exact) mass is 292 g/mol. The van der Waals surface area contributed by atoms with Gasteiger partial charge < -0.3 is 15.2 Å². The fourth-order valence-corrected chi connectivity index (χ4v) is 2.68. The van der Waals surface area contributed by atoms with Crippen LogP contribution in [0.25, 0.3) is 0 Å². The maximum absolute atomic E-state index is 5.93. The summed E-state index contributed by atoms with van der Waals surface area (Å²) < 4.78 is 11.3. The maximum atomic E-state index is 5.93. The predicted molar refractivity (Wildman–Crippen MR) is 81.5 cm³/mol. The van der Waals surface area contributed by atoms with E-state index in [0.29, 0.717) is 6.61 Å². The largest absolute Gasteiger partial charge is 0.493 e. The van der Waals surface area contributed by atoms with Crippen LogP contribution in [0, 0.1) is 6.92 Å². The standard InChI is InChI=1S/C15H20N2O2S/c1-10(16)7-12-5-4-6-13(18-3)15(12)19-8-14-17-11(2)9-20-14/h4-6,9-10H,7-8,16H2,1-3H3. The van der Waals surface area contributed by atoms with Crippen molar-refractivity contribution < 1.29 is 9.47 Å². The number of aromatic nitrogens is 1. The molecule has 2 N–H and O–H groups in total. The smallest absolute Gasteiger partial charge is 0.165 e. The summed E-state index contributed by atoms with van der Waals surface area (Å²) in [5.41, 5.74) is 7.97. The Morgan fingerprint density at radius 3 is 2.80 bits per heavy atom. The number of rotatable bonds is 6. The molecule has 0 saturated heterocycles. The summed E-state index contributed by atoms with van der Waals surface area (Å²) in [7, 11) is 1.64. The Labute approximate surface area is 123 Å². The molecular weight excluding hydrogens is 272 g/mol. The SMILES string of the molecule is COc1cccc(CC(C)N)c1OCc1nc(C)cs1. The number of benzene rings is 1. The predicted octanol–water partition coefficient (Wildman–Crippen LogP) is 2.93. The van der Waals surface area contributed by atoms with Gasteiger partial charge in [-0.25, -0.2) is 4.98 Å². The highest BCUT2D eigenvalue weighted by molar-refractivity contribution is 7.09. The van der Waals surface area contributed by atoms with Gasteiger partial charge in [0.2, 0.25) is 0 Å². The summed E-state index contributed by atoms with van der Waals surface area (Å²) in [6, 6.07) is 5.95. The minimum Gasteiger partial charge on any atom is -0.493 e. The van der Waals surface area contributed by atoms with Crippen molar-refractivity contribution in [2.75, 3.05) is 7.11 Å². The van der Waals surface area contributed by atoms with Crippen molar-refractivity contribution in [3.05, 3.63) is 39.8 Å². The van der Waals surface area contributed by atoms with Crippen LogP contribution in [-0.4, -0.2) is 18.1 Å². The van der Waals surface area contributed by atoms with Gasteiger partial charge in [-0.05, 0) is 31.9 Å². The first-order valence-corrected chi connectivity index (χ1v) is 7.43. The minimum atomic E-state index is 0.0755. The fourth-order valence-electron chi connectivity index (χ4n) is 2.00. The zero-order chi connectivity index (χ0) is 14.5. The molecule has 0 spiro atoms. The van der Waals surface area contributed by atoms with Crippen molar-refractivity contribution in [3.8, 4) is 11.5 Å². The number of hydrogen-bond acceptors (Lipinski definition) is 5. The minimum absolute atomic E-state index is 0.0755. The number of nitrogens with zero attached hydrogens (tertiary/aromatic N) is 1. The number of thiazole rings is 1. The Morgan fingerprint density at radius 2 is 2.20 bits per heavy atom. The summed E-state index contributed by atoms with van der Waals surface area (Å²) in [6.07, 6.45) is 0.753. The lowest BCUT2D eigenvalue weighted by Crippen LogP contribution is -2.18. The van der Waals surface area contributed by atoms with Crippen molar-refractivity contribution in [2.45, 2.75) is 32.9 Å². The second-order valence-electron chi connectivity index (χ2n) is 4.80. The van der Waals surface area contributed by atoms with E-state index in [2.05, 4.69) is 4.98 Å².